The van der Waals surface area contributed by atoms with Crippen LogP contribution >= 0.6 is 23.1 Å². The predicted molar refractivity (Wildman–Crippen MR) is 111 cm³/mol. The number of ether oxygens (including phenoxy) is 1. The number of anilines is 2. The average molecular weight is 468 g/mol. The van der Waals surface area contributed by atoms with Gasteiger partial charge >= 0.3 is 6.36 Å². The van der Waals surface area contributed by atoms with Crippen LogP contribution in [-0.2, 0) is 16.0 Å². The first-order chi connectivity index (χ1) is 14.8. The quantitative estimate of drug-likeness (QED) is 0.377. The molecule has 3 rings (SSSR count). The number of rotatable bonds is 8. The van der Waals surface area contributed by atoms with Crippen LogP contribution in [0.25, 0.3) is 0 Å². The molecule has 0 fully saturated rings. The van der Waals surface area contributed by atoms with Crippen LogP contribution in [0.2, 0.25) is 0 Å². The van der Waals surface area contributed by atoms with Gasteiger partial charge < -0.3 is 15.4 Å². The molecule has 2 N–H and O–H groups in total. The highest BCUT2D eigenvalue weighted by atomic mass is 32.2. The zero-order valence-electron chi connectivity index (χ0n) is 15.7. The Bertz CT molecular complexity index is 1030. The van der Waals surface area contributed by atoms with Gasteiger partial charge in [0.25, 0.3) is 0 Å². The molecule has 0 spiro atoms. The van der Waals surface area contributed by atoms with Gasteiger partial charge in [-0.15, -0.1) is 23.4 Å². The zero-order chi connectivity index (χ0) is 22.3. The first kappa shape index (κ1) is 22.6. The number of benzene rings is 2. The molecule has 0 saturated carbocycles. The van der Waals surface area contributed by atoms with Crippen LogP contribution in [0.15, 0.2) is 58.9 Å². The second kappa shape index (κ2) is 10.3. The zero-order valence-corrected chi connectivity index (χ0v) is 17.3. The Kier molecular flexibility index (Phi) is 7.47. The molecule has 0 radical (unpaired) electrons. The molecular weight excluding hydrogens is 453 g/mol. The maximum Gasteiger partial charge on any atom is 0.573 e. The summed E-state index contributed by atoms with van der Waals surface area (Å²) in [6, 6.07) is 14.0. The number of amides is 2. The van der Waals surface area contributed by atoms with Gasteiger partial charge in [-0.2, -0.15) is 0 Å². The molecule has 0 saturated heterocycles. The fraction of sp³-hybridized carbons (Fsp3) is 0.158. The first-order valence-electron chi connectivity index (χ1n) is 8.72. The van der Waals surface area contributed by atoms with Crippen LogP contribution in [0.4, 0.5) is 24.0 Å². The van der Waals surface area contributed by atoms with Crippen molar-refractivity contribution >= 4 is 45.7 Å². The molecule has 0 aliphatic carbocycles. The lowest BCUT2D eigenvalue weighted by Gasteiger charge is -2.09. The lowest BCUT2D eigenvalue weighted by atomic mass is 10.1. The Morgan fingerprint density at radius 1 is 0.968 bits per heavy atom. The summed E-state index contributed by atoms with van der Waals surface area (Å²) in [6.07, 6.45) is -4.57. The Hall–Kier alpha value is -3.12. The van der Waals surface area contributed by atoms with Crippen molar-refractivity contribution in [2.45, 2.75) is 17.1 Å². The standard InChI is InChI=1S/C19H15F3N4O3S2/c20-19(21,22)29-14-8-6-13(7-9-14)23-16(28)11-30-18-26-25-17(31-18)24-15(27)10-12-4-2-1-3-5-12/h1-9H,10-11H2,(H,23,28)(H,24,25,27). The van der Waals surface area contributed by atoms with Crippen LogP contribution < -0.4 is 15.4 Å². The third kappa shape index (κ3) is 7.90. The Labute approximate surface area is 183 Å². The molecule has 2 amide bonds. The van der Waals surface area contributed by atoms with Gasteiger partial charge in [0.2, 0.25) is 16.9 Å². The van der Waals surface area contributed by atoms with E-state index in [0.717, 1.165) is 40.8 Å². The maximum atomic E-state index is 12.2. The van der Waals surface area contributed by atoms with E-state index in [4.69, 9.17) is 0 Å². The fourth-order valence-electron chi connectivity index (χ4n) is 2.33. The first-order valence-corrected chi connectivity index (χ1v) is 10.5. The maximum absolute atomic E-state index is 12.2. The van der Waals surface area contributed by atoms with E-state index in [1.165, 1.54) is 12.1 Å². The summed E-state index contributed by atoms with van der Waals surface area (Å²) >= 11 is 2.25. The van der Waals surface area contributed by atoms with Crippen molar-refractivity contribution in [3.8, 4) is 5.75 Å². The molecule has 0 aliphatic heterocycles. The van der Waals surface area contributed by atoms with Crippen LogP contribution in [0.3, 0.4) is 0 Å². The number of carbonyl (C=O) groups is 2. The minimum atomic E-state index is -4.77. The number of hydrogen-bond acceptors (Lipinski definition) is 7. The van der Waals surface area contributed by atoms with Gasteiger partial charge in [0.1, 0.15) is 5.75 Å². The van der Waals surface area contributed by atoms with Gasteiger partial charge in [0.15, 0.2) is 4.34 Å². The molecule has 162 valence electrons. The predicted octanol–water partition coefficient (Wildman–Crippen LogP) is 4.35. The lowest BCUT2D eigenvalue weighted by molar-refractivity contribution is -0.274. The van der Waals surface area contributed by atoms with Crippen LogP contribution in [-0.4, -0.2) is 34.1 Å². The normalized spacial score (nSPS) is 11.1. The van der Waals surface area contributed by atoms with E-state index in [2.05, 4.69) is 25.6 Å². The Morgan fingerprint density at radius 2 is 1.68 bits per heavy atom. The molecule has 0 unspecified atom stereocenters. The molecular formula is C19H15F3N4O3S2. The van der Waals surface area contributed by atoms with Crippen molar-refractivity contribution in [3.63, 3.8) is 0 Å². The number of nitrogens with zero attached hydrogens (tertiary/aromatic N) is 2. The van der Waals surface area contributed by atoms with Crippen molar-refractivity contribution in [2.75, 3.05) is 16.4 Å². The minimum absolute atomic E-state index is 0.00734. The second-order valence-corrected chi connectivity index (χ2v) is 8.19. The lowest BCUT2D eigenvalue weighted by Crippen LogP contribution is -2.17. The van der Waals surface area contributed by atoms with Gasteiger partial charge in [-0.05, 0) is 29.8 Å². The number of nitrogens with one attached hydrogen (secondary N) is 2. The highest BCUT2D eigenvalue weighted by Gasteiger charge is 2.30. The van der Waals surface area contributed by atoms with Gasteiger partial charge in [0.05, 0.1) is 12.2 Å². The van der Waals surface area contributed by atoms with E-state index in [9.17, 15) is 22.8 Å². The molecule has 2 aromatic carbocycles. The number of carbonyl (C=O) groups excluding carboxylic acids is 2. The van der Waals surface area contributed by atoms with Crippen molar-refractivity contribution < 1.29 is 27.5 Å². The summed E-state index contributed by atoms with van der Waals surface area (Å²) in [7, 11) is 0. The third-order valence-electron chi connectivity index (χ3n) is 3.56. The SMILES string of the molecule is O=C(CSc1nnc(NC(=O)Cc2ccccc2)s1)Nc1ccc(OC(F)(F)F)cc1. The second-order valence-electron chi connectivity index (χ2n) is 5.99. The smallest absolute Gasteiger partial charge is 0.406 e. The van der Waals surface area contributed by atoms with Crippen LogP contribution in [0.5, 0.6) is 5.75 Å². The number of aromatic nitrogens is 2. The van der Waals surface area contributed by atoms with E-state index in [0.29, 0.717) is 15.2 Å². The van der Waals surface area contributed by atoms with Crippen LogP contribution in [0.1, 0.15) is 5.56 Å². The van der Waals surface area contributed by atoms with E-state index < -0.39 is 6.36 Å². The van der Waals surface area contributed by atoms with Crippen molar-refractivity contribution in [1.82, 2.24) is 10.2 Å². The summed E-state index contributed by atoms with van der Waals surface area (Å²) in [4.78, 5) is 24.1. The van der Waals surface area contributed by atoms with Gasteiger partial charge in [-0.25, -0.2) is 0 Å². The third-order valence-corrected chi connectivity index (χ3v) is 5.53. The van der Waals surface area contributed by atoms with Gasteiger partial charge in [-0.1, -0.05) is 53.4 Å². The molecule has 12 heteroatoms. The minimum Gasteiger partial charge on any atom is -0.406 e. The molecule has 1 heterocycles. The summed E-state index contributed by atoms with van der Waals surface area (Å²) in [5.74, 6) is -0.975. The molecule has 0 bridgehead atoms. The summed E-state index contributed by atoms with van der Waals surface area (Å²) in [5.41, 5.74) is 1.19. The van der Waals surface area contributed by atoms with E-state index in [1.807, 2.05) is 30.3 Å². The number of thioether (sulfide) groups is 1. The van der Waals surface area contributed by atoms with Gasteiger partial charge in [0, 0.05) is 5.69 Å². The fourth-order valence-corrected chi connectivity index (χ4v) is 3.90. The monoisotopic (exact) mass is 468 g/mol. The van der Waals surface area contributed by atoms with E-state index in [-0.39, 0.29) is 29.7 Å². The molecule has 3 aromatic rings. The van der Waals surface area contributed by atoms with Crippen molar-refractivity contribution in [1.29, 1.82) is 0 Å². The van der Waals surface area contributed by atoms with E-state index >= 15 is 0 Å². The van der Waals surface area contributed by atoms with Crippen molar-refractivity contribution in [3.05, 3.63) is 60.2 Å². The Balaban J connectivity index is 1.43. The van der Waals surface area contributed by atoms with Crippen LogP contribution in [0, 0.1) is 0 Å². The molecule has 31 heavy (non-hydrogen) atoms. The molecule has 7 nitrogen and oxygen atoms in total. The molecule has 1 aromatic heterocycles. The largest absolute Gasteiger partial charge is 0.573 e. The molecule has 0 aliphatic rings. The highest BCUT2D eigenvalue weighted by Crippen LogP contribution is 2.26. The summed E-state index contributed by atoms with van der Waals surface area (Å²) in [5, 5.41) is 13.3. The number of hydrogen-bond donors (Lipinski definition) is 2. The van der Waals surface area contributed by atoms with E-state index in [1.54, 1.807) is 0 Å². The Morgan fingerprint density at radius 3 is 2.35 bits per heavy atom. The summed E-state index contributed by atoms with van der Waals surface area (Å²) in [6.45, 7) is 0. The van der Waals surface area contributed by atoms with Crippen molar-refractivity contribution in [2.24, 2.45) is 0 Å². The number of alkyl halides is 3. The topological polar surface area (TPSA) is 93.2 Å². The highest BCUT2D eigenvalue weighted by molar-refractivity contribution is 8.01. The molecule has 0 atom stereocenters. The average Bonchev–Trinajstić information content (AvgIpc) is 3.15. The summed E-state index contributed by atoms with van der Waals surface area (Å²) < 4.78 is 40.7. The van der Waals surface area contributed by atoms with Gasteiger partial charge in [-0.3, -0.25) is 9.59 Å². The number of halogens is 3.